The topological polar surface area (TPSA) is 137 Å². The minimum Gasteiger partial charge on any atom is -0.495 e. The molecule has 180 valence electrons. The van der Waals surface area contributed by atoms with Crippen LogP contribution in [0.5, 0.6) is 5.75 Å². The lowest BCUT2D eigenvalue weighted by atomic mass is 10.1. The molecule has 0 bridgehead atoms. The first-order valence-corrected chi connectivity index (χ1v) is 12.2. The van der Waals surface area contributed by atoms with Gasteiger partial charge < -0.3 is 25.4 Å². The van der Waals surface area contributed by atoms with Crippen LogP contribution in [-0.4, -0.2) is 56.3 Å². The molecule has 0 spiro atoms. The number of nitrogens with two attached hydrogens (primary N) is 1. The second kappa shape index (κ2) is 9.60. The number of nitrogen functional groups attached to an aromatic ring is 1. The van der Waals surface area contributed by atoms with Crippen LogP contribution in [-0.2, 0) is 14.6 Å². The van der Waals surface area contributed by atoms with E-state index in [-0.39, 0.29) is 26.7 Å². The molecule has 0 atom stereocenters. The summed E-state index contributed by atoms with van der Waals surface area (Å²) in [6, 6.07) is 4.12. The van der Waals surface area contributed by atoms with Crippen LogP contribution in [0, 0.1) is 0 Å². The SMILES string of the molecule is COc1ccc(S(=O)(=O)c2cnc(N3CCC(NC(=O)OC(C)(C)C)CC3)nc2N)cc1Cl. The van der Waals surface area contributed by atoms with Crippen molar-refractivity contribution in [3.63, 3.8) is 0 Å². The van der Waals surface area contributed by atoms with Crippen LogP contribution in [0.1, 0.15) is 33.6 Å². The molecule has 0 radical (unpaired) electrons. The molecule has 0 unspecified atom stereocenters. The standard InChI is InChI=1S/C21H28ClN5O5S/c1-21(2,3)32-20(28)25-13-7-9-27(10-8-13)19-24-12-17(18(23)26-19)33(29,30)14-5-6-16(31-4)15(22)11-14/h5-6,11-13H,7-10H2,1-4H3,(H,25,28)(H2,23,24,26). The summed E-state index contributed by atoms with van der Waals surface area (Å²) in [7, 11) is -2.53. The van der Waals surface area contributed by atoms with Crippen molar-refractivity contribution < 1.29 is 22.7 Å². The summed E-state index contributed by atoms with van der Waals surface area (Å²) >= 11 is 6.07. The molecule has 0 saturated carbocycles. The van der Waals surface area contributed by atoms with Crippen molar-refractivity contribution in [3.05, 3.63) is 29.4 Å². The fraction of sp³-hybridized carbons (Fsp3) is 0.476. The number of nitrogens with one attached hydrogen (secondary N) is 1. The van der Waals surface area contributed by atoms with E-state index >= 15 is 0 Å². The minimum atomic E-state index is -3.97. The van der Waals surface area contributed by atoms with Crippen molar-refractivity contribution in [1.82, 2.24) is 15.3 Å². The van der Waals surface area contributed by atoms with Crippen molar-refractivity contribution in [3.8, 4) is 5.75 Å². The lowest BCUT2D eigenvalue weighted by Crippen LogP contribution is -2.46. The van der Waals surface area contributed by atoms with Crippen LogP contribution in [0.25, 0.3) is 0 Å². The number of carbonyl (C=O) groups is 1. The molecule has 1 aromatic carbocycles. The zero-order valence-corrected chi connectivity index (χ0v) is 20.5. The van der Waals surface area contributed by atoms with Gasteiger partial charge in [0, 0.05) is 19.1 Å². The van der Waals surface area contributed by atoms with Crippen molar-refractivity contribution >= 4 is 39.3 Å². The monoisotopic (exact) mass is 497 g/mol. The number of alkyl carbamates (subject to hydrolysis) is 1. The Hall–Kier alpha value is -2.79. The van der Waals surface area contributed by atoms with Gasteiger partial charge in [-0.15, -0.1) is 0 Å². The van der Waals surface area contributed by atoms with E-state index in [1.807, 2.05) is 25.7 Å². The average molecular weight is 498 g/mol. The Kier molecular flexibility index (Phi) is 7.23. The van der Waals surface area contributed by atoms with Crippen LogP contribution in [0.2, 0.25) is 5.02 Å². The van der Waals surface area contributed by atoms with Gasteiger partial charge in [0.05, 0.1) is 23.2 Å². The van der Waals surface area contributed by atoms with Gasteiger partial charge in [-0.25, -0.2) is 18.2 Å². The Bertz CT molecular complexity index is 1130. The number of nitrogens with zero attached hydrogens (tertiary/aromatic N) is 3. The van der Waals surface area contributed by atoms with E-state index in [9.17, 15) is 13.2 Å². The van der Waals surface area contributed by atoms with Gasteiger partial charge in [0.2, 0.25) is 15.8 Å². The van der Waals surface area contributed by atoms with E-state index < -0.39 is 21.5 Å². The van der Waals surface area contributed by atoms with Crippen LogP contribution < -0.4 is 20.7 Å². The van der Waals surface area contributed by atoms with Crippen LogP contribution in [0.3, 0.4) is 0 Å². The van der Waals surface area contributed by atoms with Crippen LogP contribution in [0.4, 0.5) is 16.6 Å². The number of carbonyl (C=O) groups excluding carboxylic acids is 1. The molecule has 2 heterocycles. The molecule has 1 fully saturated rings. The third kappa shape index (κ3) is 5.97. The number of hydrogen-bond acceptors (Lipinski definition) is 9. The molecule has 0 aliphatic carbocycles. The van der Waals surface area contributed by atoms with E-state index in [2.05, 4.69) is 15.3 Å². The van der Waals surface area contributed by atoms with E-state index in [0.717, 1.165) is 0 Å². The first-order chi connectivity index (χ1) is 15.4. The van der Waals surface area contributed by atoms with Crippen molar-refractivity contribution in [2.45, 2.75) is 55.0 Å². The number of methoxy groups -OCH3 is 1. The summed E-state index contributed by atoms with van der Waals surface area (Å²) in [4.78, 5) is 22.1. The largest absolute Gasteiger partial charge is 0.495 e. The summed E-state index contributed by atoms with van der Waals surface area (Å²) in [5.74, 6) is 0.538. The molecule has 10 nitrogen and oxygen atoms in total. The number of hydrogen-bond donors (Lipinski definition) is 2. The maximum Gasteiger partial charge on any atom is 0.407 e. The number of anilines is 2. The Labute approximate surface area is 198 Å². The van der Waals surface area contributed by atoms with Gasteiger partial charge in [-0.3, -0.25) is 0 Å². The summed E-state index contributed by atoms with van der Waals surface area (Å²) in [5.41, 5.74) is 5.45. The lowest BCUT2D eigenvalue weighted by Gasteiger charge is -2.32. The number of ether oxygens (including phenoxy) is 2. The highest BCUT2D eigenvalue weighted by Crippen LogP contribution is 2.31. The number of halogens is 1. The summed E-state index contributed by atoms with van der Waals surface area (Å²) < 4.78 is 36.4. The molecule has 3 N–H and O–H groups in total. The summed E-state index contributed by atoms with van der Waals surface area (Å²) in [5, 5.41) is 3.03. The van der Waals surface area contributed by atoms with E-state index in [1.54, 1.807) is 0 Å². The Morgan fingerprint density at radius 3 is 2.48 bits per heavy atom. The highest BCUT2D eigenvalue weighted by Gasteiger charge is 2.27. The number of piperidine rings is 1. The molecule has 1 saturated heterocycles. The molecule has 1 aliphatic rings. The summed E-state index contributed by atoms with van der Waals surface area (Å²) in [6.07, 6.45) is 2.07. The quantitative estimate of drug-likeness (QED) is 0.638. The first kappa shape index (κ1) is 24.8. The molecule has 1 aromatic heterocycles. The molecule has 2 aromatic rings. The predicted octanol–water partition coefficient (Wildman–Crippen LogP) is 3.05. The molecule has 3 rings (SSSR count). The number of amides is 1. The minimum absolute atomic E-state index is 0.0343. The number of rotatable bonds is 5. The molecule has 1 aliphatic heterocycles. The fourth-order valence-corrected chi connectivity index (χ4v) is 4.98. The number of benzene rings is 1. The first-order valence-electron chi connectivity index (χ1n) is 10.4. The molecule has 1 amide bonds. The number of aromatic nitrogens is 2. The predicted molar refractivity (Wildman–Crippen MR) is 125 cm³/mol. The molecule has 12 heteroatoms. The zero-order chi connectivity index (χ0) is 24.4. The Morgan fingerprint density at radius 1 is 1.27 bits per heavy atom. The van der Waals surface area contributed by atoms with Gasteiger partial charge in [-0.05, 0) is 51.8 Å². The Balaban J connectivity index is 1.69. The van der Waals surface area contributed by atoms with Gasteiger partial charge in [0.1, 0.15) is 22.1 Å². The Morgan fingerprint density at radius 2 is 1.94 bits per heavy atom. The van der Waals surface area contributed by atoms with E-state index in [1.165, 1.54) is 31.5 Å². The lowest BCUT2D eigenvalue weighted by molar-refractivity contribution is 0.0497. The van der Waals surface area contributed by atoms with E-state index in [4.69, 9.17) is 26.8 Å². The second-order valence-corrected chi connectivity index (χ2v) is 11.0. The normalized spacial score (nSPS) is 15.2. The average Bonchev–Trinajstić information content (AvgIpc) is 2.72. The fourth-order valence-electron chi connectivity index (χ4n) is 3.37. The third-order valence-electron chi connectivity index (χ3n) is 4.99. The molecular weight excluding hydrogens is 470 g/mol. The smallest absolute Gasteiger partial charge is 0.407 e. The summed E-state index contributed by atoms with van der Waals surface area (Å²) in [6.45, 7) is 6.57. The third-order valence-corrected chi connectivity index (χ3v) is 7.06. The molecule has 33 heavy (non-hydrogen) atoms. The van der Waals surface area contributed by atoms with Crippen molar-refractivity contribution in [2.75, 3.05) is 30.8 Å². The molecular formula is C21H28ClN5O5S. The number of sulfone groups is 1. The van der Waals surface area contributed by atoms with Gasteiger partial charge in [-0.2, -0.15) is 4.98 Å². The van der Waals surface area contributed by atoms with Crippen LogP contribution >= 0.6 is 11.6 Å². The maximum atomic E-state index is 13.0. The van der Waals surface area contributed by atoms with Crippen molar-refractivity contribution in [1.29, 1.82) is 0 Å². The second-order valence-electron chi connectivity index (χ2n) is 8.63. The highest BCUT2D eigenvalue weighted by molar-refractivity contribution is 7.91. The maximum absolute atomic E-state index is 13.0. The van der Waals surface area contributed by atoms with Gasteiger partial charge in [0.25, 0.3) is 0 Å². The van der Waals surface area contributed by atoms with E-state index in [0.29, 0.717) is 37.6 Å². The van der Waals surface area contributed by atoms with Crippen molar-refractivity contribution in [2.24, 2.45) is 0 Å². The van der Waals surface area contributed by atoms with Crippen LogP contribution in [0.15, 0.2) is 34.2 Å². The van der Waals surface area contributed by atoms with Gasteiger partial charge >= 0.3 is 6.09 Å². The highest BCUT2D eigenvalue weighted by atomic mass is 35.5. The van der Waals surface area contributed by atoms with Gasteiger partial charge in [-0.1, -0.05) is 11.6 Å². The van der Waals surface area contributed by atoms with Gasteiger partial charge in [0.15, 0.2) is 0 Å². The zero-order valence-electron chi connectivity index (χ0n) is 19.0.